The lowest BCUT2D eigenvalue weighted by Gasteiger charge is -2.26. The predicted molar refractivity (Wildman–Crippen MR) is 142 cm³/mol. The van der Waals surface area contributed by atoms with Crippen molar-refractivity contribution in [3.8, 4) is 28.3 Å². The molecule has 1 aliphatic rings. The predicted octanol–water partition coefficient (Wildman–Crippen LogP) is 6.35. The number of benzene rings is 3. The van der Waals surface area contributed by atoms with Crippen LogP contribution in [0.4, 0.5) is 0 Å². The maximum atomic E-state index is 14.0. The molecule has 3 heterocycles. The van der Waals surface area contributed by atoms with Crippen LogP contribution >= 0.6 is 23.1 Å². The zero-order valence-corrected chi connectivity index (χ0v) is 20.6. The quantitative estimate of drug-likeness (QED) is 0.209. The van der Waals surface area contributed by atoms with E-state index in [1.807, 2.05) is 91.2 Å². The van der Waals surface area contributed by atoms with Crippen LogP contribution in [0.15, 0.2) is 94.2 Å². The Morgan fingerprint density at radius 2 is 1.74 bits per heavy atom. The molecule has 0 saturated heterocycles. The molecule has 5 aromatic rings. The molecule has 0 unspecified atom stereocenters. The molecular weight excluding hydrogens is 476 g/mol. The number of aryl methyl sites for hydroxylation is 1. The number of para-hydroxylation sites is 3. The third-order valence-electron chi connectivity index (χ3n) is 5.98. The molecule has 0 amide bonds. The summed E-state index contributed by atoms with van der Waals surface area (Å²) >= 11 is 3.02. The van der Waals surface area contributed by atoms with E-state index < -0.39 is 0 Å². The minimum absolute atomic E-state index is 0.0574. The molecular formula is C28H22N2O3S2. The highest BCUT2D eigenvalue weighted by atomic mass is 32.2. The van der Waals surface area contributed by atoms with Crippen LogP contribution in [0.1, 0.15) is 5.56 Å². The van der Waals surface area contributed by atoms with Gasteiger partial charge in [-0.05, 0) is 36.2 Å². The lowest BCUT2D eigenvalue weighted by Crippen LogP contribution is -2.31. The Morgan fingerprint density at radius 1 is 1.00 bits per heavy atom. The summed E-state index contributed by atoms with van der Waals surface area (Å²) in [6, 6.07) is 25.6. The van der Waals surface area contributed by atoms with Gasteiger partial charge in [-0.25, -0.2) is 4.98 Å². The van der Waals surface area contributed by atoms with E-state index in [0.29, 0.717) is 22.9 Å². The maximum Gasteiger partial charge on any atom is 0.268 e. The number of rotatable bonds is 5. The van der Waals surface area contributed by atoms with Crippen molar-refractivity contribution >= 4 is 33.3 Å². The summed E-state index contributed by atoms with van der Waals surface area (Å²) in [5.74, 6) is 2.11. The summed E-state index contributed by atoms with van der Waals surface area (Å²) in [6.45, 7) is 2.47. The van der Waals surface area contributed by atoms with Gasteiger partial charge < -0.3 is 9.47 Å². The average Bonchev–Trinajstić information content (AvgIpc) is 3.33. The molecule has 1 aliphatic heterocycles. The number of thiophene rings is 1. The number of fused-ring (bicyclic) bond motifs is 2. The van der Waals surface area contributed by atoms with E-state index in [4.69, 9.17) is 14.5 Å². The Kier molecular flexibility index (Phi) is 5.80. The number of hydrogen-bond donors (Lipinski definition) is 0. The van der Waals surface area contributed by atoms with Crippen LogP contribution in [-0.2, 0) is 0 Å². The van der Waals surface area contributed by atoms with Gasteiger partial charge in [-0.2, -0.15) is 0 Å². The van der Waals surface area contributed by atoms with E-state index in [1.165, 1.54) is 23.1 Å². The normalized spacial score (nSPS) is 14.8. The van der Waals surface area contributed by atoms with Gasteiger partial charge in [0.25, 0.3) is 5.56 Å². The molecule has 0 radical (unpaired) electrons. The Balaban J connectivity index is 1.42. The van der Waals surface area contributed by atoms with Gasteiger partial charge >= 0.3 is 0 Å². The number of nitrogens with zero attached hydrogens (tertiary/aromatic N) is 2. The molecule has 6 rings (SSSR count). The average molecular weight is 499 g/mol. The summed E-state index contributed by atoms with van der Waals surface area (Å²) in [7, 11) is 0. The van der Waals surface area contributed by atoms with Crippen molar-refractivity contribution in [3.63, 3.8) is 0 Å². The third-order valence-corrected chi connectivity index (χ3v) is 7.93. The summed E-state index contributed by atoms with van der Waals surface area (Å²) in [6.07, 6.45) is -0.143. The fourth-order valence-corrected chi connectivity index (χ4v) is 6.20. The molecule has 0 bridgehead atoms. The molecule has 2 aromatic heterocycles. The largest absolute Gasteiger partial charge is 0.486 e. The van der Waals surface area contributed by atoms with Crippen molar-refractivity contribution in [2.45, 2.75) is 18.2 Å². The molecule has 0 saturated carbocycles. The second kappa shape index (κ2) is 9.24. The highest BCUT2D eigenvalue weighted by Crippen LogP contribution is 2.35. The maximum absolute atomic E-state index is 14.0. The van der Waals surface area contributed by atoms with Crippen molar-refractivity contribution in [2.24, 2.45) is 0 Å². The molecule has 1 atom stereocenters. The van der Waals surface area contributed by atoms with Gasteiger partial charge in [0.2, 0.25) is 0 Å². The SMILES string of the molecule is Cc1ccccc1-n1c(SC[C@H]2COc3ccccc3O2)nc2scc(-c3ccccc3)c2c1=O. The molecule has 0 aliphatic carbocycles. The summed E-state index contributed by atoms with van der Waals surface area (Å²) in [5.41, 5.74) is 3.73. The van der Waals surface area contributed by atoms with E-state index in [9.17, 15) is 4.79 Å². The van der Waals surface area contributed by atoms with Crippen LogP contribution in [0, 0.1) is 6.92 Å². The molecule has 35 heavy (non-hydrogen) atoms. The van der Waals surface area contributed by atoms with Crippen LogP contribution in [0.2, 0.25) is 0 Å². The minimum atomic E-state index is -0.143. The number of aromatic nitrogens is 2. The van der Waals surface area contributed by atoms with Crippen LogP contribution < -0.4 is 15.0 Å². The monoisotopic (exact) mass is 498 g/mol. The Bertz CT molecular complexity index is 1580. The number of hydrogen-bond acceptors (Lipinski definition) is 6. The summed E-state index contributed by atoms with van der Waals surface area (Å²) in [5, 5.41) is 3.33. The molecule has 0 N–H and O–H groups in total. The number of ether oxygens (including phenoxy) is 2. The topological polar surface area (TPSA) is 53.4 Å². The highest BCUT2D eigenvalue weighted by molar-refractivity contribution is 7.99. The Hall–Kier alpha value is -3.55. The van der Waals surface area contributed by atoms with Gasteiger partial charge in [-0.3, -0.25) is 9.36 Å². The zero-order valence-electron chi connectivity index (χ0n) is 19.0. The smallest absolute Gasteiger partial charge is 0.268 e. The van der Waals surface area contributed by atoms with Crippen molar-refractivity contribution in [1.82, 2.24) is 9.55 Å². The van der Waals surface area contributed by atoms with Gasteiger partial charge in [0.05, 0.1) is 11.1 Å². The van der Waals surface area contributed by atoms with E-state index in [-0.39, 0.29) is 11.7 Å². The molecule has 174 valence electrons. The van der Waals surface area contributed by atoms with E-state index >= 15 is 0 Å². The van der Waals surface area contributed by atoms with E-state index in [2.05, 4.69) is 0 Å². The van der Waals surface area contributed by atoms with Crippen molar-refractivity contribution in [3.05, 3.63) is 100 Å². The molecule has 0 spiro atoms. The Labute approximate surface area is 211 Å². The van der Waals surface area contributed by atoms with Gasteiger partial charge in [0, 0.05) is 16.7 Å². The fraction of sp³-hybridized carbons (Fsp3) is 0.143. The highest BCUT2D eigenvalue weighted by Gasteiger charge is 2.24. The van der Waals surface area contributed by atoms with Gasteiger partial charge in [-0.15, -0.1) is 11.3 Å². The minimum Gasteiger partial charge on any atom is -0.486 e. The Morgan fingerprint density at radius 3 is 2.57 bits per heavy atom. The van der Waals surface area contributed by atoms with E-state index in [1.54, 1.807) is 4.57 Å². The van der Waals surface area contributed by atoms with Crippen LogP contribution in [0.3, 0.4) is 0 Å². The first-order valence-corrected chi connectivity index (χ1v) is 13.2. The van der Waals surface area contributed by atoms with Crippen LogP contribution in [-0.4, -0.2) is 28.0 Å². The van der Waals surface area contributed by atoms with Crippen LogP contribution in [0.25, 0.3) is 27.0 Å². The second-order valence-electron chi connectivity index (χ2n) is 8.33. The first kappa shape index (κ1) is 21.9. The standard InChI is InChI=1S/C28H22N2O3S2/c1-18-9-5-6-12-22(18)30-27(31)25-21(19-10-3-2-4-11-19)17-34-26(25)29-28(30)35-16-20-15-32-23-13-7-8-14-24(23)33-20/h2-14,17,20H,15-16H2,1H3/t20-/m1/s1. The van der Waals surface area contributed by atoms with Crippen molar-refractivity contribution in [2.75, 3.05) is 12.4 Å². The van der Waals surface area contributed by atoms with E-state index in [0.717, 1.165) is 38.7 Å². The van der Waals surface area contributed by atoms with Gasteiger partial charge in [0.15, 0.2) is 16.7 Å². The zero-order chi connectivity index (χ0) is 23.8. The molecule has 7 heteroatoms. The lowest BCUT2D eigenvalue weighted by molar-refractivity contribution is 0.107. The summed E-state index contributed by atoms with van der Waals surface area (Å²) < 4.78 is 13.8. The summed E-state index contributed by atoms with van der Waals surface area (Å²) in [4.78, 5) is 19.8. The van der Waals surface area contributed by atoms with Crippen LogP contribution in [0.5, 0.6) is 11.5 Å². The second-order valence-corrected chi connectivity index (χ2v) is 10.2. The van der Waals surface area contributed by atoms with Crippen molar-refractivity contribution < 1.29 is 9.47 Å². The van der Waals surface area contributed by atoms with Crippen molar-refractivity contribution in [1.29, 1.82) is 0 Å². The first-order chi connectivity index (χ1) is 17.2. The van der Waals surface area contributed by atoms with Gasteiger partial charge in [-0.1, -0.05) is 72.4 Å². The lowest BCUT2D eigenvalue weighted by atomic mass is 10.1. The van der Waals surface area contributed by atoms with Gasteiger partial charge in [0.1, 0.15) is 17.5 Å². The fourth-order valence-electron chi connectivity index (χ4n) is 4.24. The molecule has 0 fully saturated rings. The molecule has 3 aromatic carbocycles. The molecule has 5 nitrogen and oxygen atoms in total. The first-order valence-electron chi connectivity index (χ1n) is 11.4. The third kappa shape index (κ3) is 4.11. The number of thioether (sulfide) groups is 1.